The molecule has 1 aliphatic heterocycles. The minimum atomic E-state index is -0.228. The Kier molecular flexibility index (Phi) is 5.66. The summed E-state index contributed by atoms with van der Waals surface area (Å²) in [5, 5.41) is 8.41. The lowest BCUT2D eigenvalue weighted by Gasteiger charge is -2.16. The molecule has 0 bridgehead atoms. The van der Waals surface area contributed by atoms with E-state index in [-0.39, 0.29) is 30.0 Å². The van der Waals surface area contributed by atoms with Gasteiger partial charge in [-0.2, -0.15) is 5.10 Å². The number of rotatable bonds is 6. The van der Waals surface area contributed by atoms with E-state index in [0.717, 1.165) is 11.3 Å². The van der Waals surface area contributed by atoms with Crippen LogP contribution in [0, 0.1) is 13.8 Å². The van der Waals surface area contributed by atoms with Crippen molar-refractivity contribution >= 4 is 28.7 Å². The van der Waals surface area contributed by atoms with Gasteiger partial charge in [0.25, 0.3) is 5.56 Å². The number of hydrogen-bond acceptors (Lipinski definition) is 6. The van der Waals surface area contributed by atoms with E-state index < -0.39 is 0 Å². The number of amides is 1. The van der Waals surface area contributed by atoms with Crippen molar-refractivity contribution in [2.75, 3.05) is 19.5 Å². The molecule has 2 atom stereocenters. The summed E-state index contributed by atoms with van der Waals surface area (Å²) in [7, 11) is 1.60. The molecule has 1 N–H and O–H groups in total. The molecule has 3 aromatic rings. The predicted octanol–water partition coefficient (Wildman–Crippen LogP) is 2.39. The maximum absolute atomic E-state index is 13.2. The first-order valence-electron chi connectivity index (χ1n) is 9.88. The summed E-state index contributed by atoms with van der Waals surface area (Å²) in [4.78, 5) is 30.3. The lowest BCUT2D eigenvalue weighted by Crippen LogP contribution is -2.37. The van der Waals surface area contributed by atoms with Gasteiger partial charge >= 0.3 is 0 Å². The predicted molar refractivity (Wildman–Crippen MR) is 116 cm³/mol. The Morgan fingerprint density at radius 2 is 2.17 bits per heavy atom. The van der Waals surface area contributed by atoms with E-state index in [1.807, 2.05) is 32.0 Å². The molecule has 0 aliphatic carbocycles. The first kappa shape index (κ1) is 20.6. The van der Waals surface area contributed by atoms with E-state index in [0.29, 0.717) is 28.5 Å². The summed E-state index contributed by atoms with van der Waals surface area (Å²) >= 11 is 1.50. The highest BCUT2D eigenvalue weighted by Crippen LogP contribution is 2.33. The molecule has 9 heteroatoms. The number of benzene rings is 1. The molecule has 0 fully saturated rings. The van der Waals surface area contributed by atoms with Gasteiger partial charge in [-0.15, -0.1) is 0 Å². The molecule has 30 heavy (non-hydrogen) atoms. The van der Waals surface area contributed by atoms with E-state index >= 15 is 0 Å². The van der Waals surface area contributed by atoms with Gasteiger partial charge in [-0.25, -0.2) is 9.67 Å². The van der Waals surface area contributed by atoms with Crippen LogP contribution in [0.4, 0.5) is 0 Å². The number of carbonyl (C=O) groups excluding carboxylic acids is 1. The lowest BCUT2D eigenvalue weighted by atomic mass is 10.1. The number of hydrogen-bond donors (Lipinski definition) is 1. The van der Waals surface area contributed by atoms with Crippen LogP contribution < -0.4 is 10.9 Å². The third kappa shape index (κ3) is 3.75. The fourth-order valence-corrected chi connectivity index (χ4v) is 4.80. The van der Waals surface area contributed by atoms with Crippen LogP contribution in [-0.4, -0.2) is 50.8 Å². The average Bonchev–Trinajstić information content (AvgIpc) is 3.29. The number of methoxy groups -OCH3 is 1. The molecule has 2 aromatic heterocycles. The van der Waals surface area contributed by atoms with Gasteiger partial charge in [0.2, 0.25) is 5.91 Å². The third-order valence-corrected chi connectivity index (χ3v) is 6.45. The highest BCUT2D eigenvalue weighted by Gasteiger charge is 2.29. The van der Waals surface area contributed by atoms with E-state index in [1.165, 1.54) is 17.3 Å². The Morgan fingerprint density at radius 1 is 1.37 bits per heavy atom. The number of ether oxygens (including phenoxy) is 1. The second-order valence-corrected chi connectivity index (χ2v) is 8.71. The first-order valence-corrected chi connectivity index (χ1v) is 10.9. The minimum absolute atomic E-state index is 0.0791. The van der Waals surface area contributed by atoms with Crippen molar-refractivity contribution in [2.45, 2.75) is 44.4 Å². The summed E-state index contributed by atoms with van der Waals surface area (Å²) < 4.78 is 8.40. The van der Waals surface area contributed by atoms with Crippen molar-refractivity contribution in [3.8, 4) is 5.69 Å². The van der Waals surface area contributed by atoms with Crippen molar-refractivity contribution < 1.29 is 9.53 Å². The zero-order valence-corrected chi connectivity index (χ0v) is 18.3. The van der Waals surface area contributed by atoms with Crippen molar-refractivity contribution in [3.05, 3.63) is 45.9 Å². The summed E-state index contributed by atoms with van der Waals surface area (Å²) in [6.45, 7) is 6.43. The van der Waals surface area contributed by atoms with Crippen LogP contribution in [0.15, 0.2) is 34.3 Å². The smallest absolute Gasteiger partial charge is 0.265 e. The van der Waals surface area contributed by atoms with Crippen LogP contribution >= 0.6 is 11.8 Å². The maximum Gasteiger partial charge on any atom is 0.265 e. The molecule has 8 nitrogen and oxygen atoms in total. The van der Waals surface area contributed by atoms with Gasteiger partial charge in [0, 0.05) is 25.3 Å². The van der Waals surface area contributed by atoms with Crippen molar-refractivity contribution in [3.63, 3.8) is 0 Å². The number of aromatic nitrogens is 4. The normalized spacial score (nSPS) is 16.6. The lowest BCUT2D eigenvalue weighted by molar-refractivity contribution is -0.122. The number of carbonyl (C=O) groups is 1. The fourth-order valence-electron chi connectivity index (χ4n) is 3.67. The molecule has 3 heterocycles. The monoisotopic (exact) mass is 427 g/mol. The molecule has 0 spiro atoms. The Balaban J connectivity index is 1.66. The van der Waals surface area contributed by atoms with Gasteiger partial charge in [0.15, 0.2) is 10.8 Å². The zero-order valence-electron chi connectivity index (χ0n) is 17.5. The molecule has 0 radical (unpaired) electrons. The molecule has 158 valence electrons. The standard InChI is InChI=1S/C21H25N5O3S/c1-12-5-6-15(7-13(12)2)26-19-17(9-22-26)20(28)25-16(11-30-21(25)24-19)8-18(27)23-14(3)10-29-4/h5-7,9,14,16H,8,10-11H2,1-4H3,(H,23,27). The molecule has 0 saturated heterocycles. The number of nitrogens with one attached hydrogen (secondary N) is 1. The summed E-state index contributed by atoms with van der Waals surface area (Å²) in [5.74, 6) is 0.536. The SMILES string of the molecule is COCC(C)NC(=O)CC1CSc2nc3c(cnn3-c3ccc(C)c(C)c3)c(=O)n21. The van der Waals surface area contributed by atoms with Crippen molar-refractivity contribution in [1.29, 1.82) is 0 Å². The molecule has 1 aromatic carbocycles. The third-order valence-electron chi connectivity index (χ3n) is 5.35. The number of aryl methyl sites for hydroxylation is 2. The van der Waals surface area contributed by atoms with E-state index in [4.69, 9.17) is 9.72 Å². The highest BCUT2D eigenvalue weighted by molar-refractivity contribution is 7.99. The Morgan fingerprint density at radius 3 is 2.90 bits per heavy atom. The Hall–Kier alpha value is -2.65. The Bertz CT molecular complexity index is 1170. The zero-order chi connectivity index (χ0) is 21.4. The second kappa shape index (κ2) is 8.23. The minimum Gasteiger partial charge on any atom is -0.383 e. The molecule has 1 aliphatic rings. The molecule has 0 saturated carbocycles. The van der Waals surface area contributed by atoms with E-state index in [1.54, 1.807) is 22.6 Å². The molecule has 2 unspecified atom stereocenters. The second-order valence-electron chi connectivity index (χ2n) is 7.72. The van der Waals surface area contributed by atoms with Crippen LogP contribution in [0.5, 0.6) is 0 Å². The van der Waals surface area contributed by atoms with Gasteiger partial charge in [-0.3, -0.25) is 14.2 Å². The van der Waals surface area contributed by atoms with Gasteiger partial charge in [0.1, 0.15) is 5.39 Å². The van der Waals surface area contributed by atoms with Crippen LogP contribution in [0.1, 0.15) is 30.5 Å². The Labute approximate surface area is 178 Å². The van der Waals surface area contributed by atoms with Crippen molar-refractivity contribution in [1.82, 2.24) is 24.6 Å². The van der Waals surface area contributed by atoms with Crippen LogP contribution in [0.2, 0.25) is 0 Å². The molecule has 1 amide bonds. The van der Waals surface area contributed by atoms with Crippen molar-refractivity contribution in [2.24, 2.45) is 0 Å². The van der Waals surface area contributed by atoms with Gasteiger partial charge in [-0.1, -0.05) is 17.8 Å². The van der Waals surface area contributed by atoms with E-state index in [9.17, 15) is 9.59 Å². The fraction of sp³-hybridized carbons (Fsp3) is 0.429. The number of fused-ring (bicyclic) bond motifs is 2. The highest BCUT2D eigenvalue weighted by atomic mass is 32.2. The molecular formula is C21H25N5O3S. The van der Waals surface area contributed by atoms with Crippen LogP contribution in [0.25, 0.3) is 16.7 Å². The first-order chi connectivity index (χ1) is 14.4. The largest absolute Gasteiger partial charge is 0.383 e. The van der Waals surface area contributed by atoms with Gasteiger partial charge in [-0.05, 0) is 44.0 Å². The molecular weight excluding hydrogens is 402 g/mol. The summed E-state index contributed by atoms with van der Waals surface area (Å²) in [6, 6.07) is 5.74. The van der Waals surface area contributed by atoms with Crippen LogP contribution in [0.3, 0.4) is 0 Å². The molecule has 4 rings (SSSR count). The van der Waals surface area contributed by atoms with Gasteiger partial charge in [0.05, 0.1) is 24.5 Å². The number of thioether (sulfide) groups is 1. The number of nitrogens with zero attached hydrogens (tertiary/aromatic N) is 4. The van der Waals surface area contributed by atoms with E-state index in [2.05, 4.69) is 17.3 Å². The summed E-state index contributed by atoms with van der Waals surface area (Å²) in [5.41, 5.74) is 3.60. The summed E-state index contributed by atoms with van der Waals surface area (Å²) in [6.07, 6.45) is 1.79. The van der Waals surface area contributed by atoms with Crippen LogP contribution in [-0.2, 0) is 9.53 Å². The maximum atomic E-state index is 13.2. The topological polar surface area (TPSA) is 91.0 Å². The van der Waals surface area contributed by atoms with Gasteiger partial charge < -0.3 is 10.1 Å². The quantitative estimate of drug-likeness (QED) is 0.608. The average molecular weight is 428 g/mol.